The fourth-order valence-corrected chi connectivity index (χ4v) is 3.26. The van der Waals surface area contributed by atoms with Crippen LogP contribution in [-0.4, -0.2) is 24.6 Å². The van der Waals surface area contributed by atoms with E-state index in [9.17, 15) is 0 Å². The number of hydrogen-bond acceptors (Lipinski definition) is 2. The molecule has 1 N–H and O–H groups in total. The summed E-state index contributed by atoms with van der Waals surface area (Å²) in [6.07, 6.45) is 2.75. The minimum atomic E-state index is 0.764. The Labute approximate surface area is 80.7 Å². The van der Waals surface area contributed by atoms with Gasteiger partial charge in [0.1, 0.15) is 0 Å². The summed E-state index contributed by atoms with van der Waals surface area (Å²) in [5.74, 6) is 4.51. The van der Waals surface area contributed by atoms with Crippen molar-refractivity contribution in [3.8, 4) is 0 Å². The van der Waals surface area contributed by atoms with Crippen molar-refractivity contribution in [2.24, 2.45) is 11.8 Å². The highest BCUT2D eigenvalue weighted by Gasteiger charge is 2.24. The lowest BCUT2D eigenvalue weighted by molar-refractivity contribution is 0.344. The zero-order valence-electron chi connectivity index (χ0n) is 8.47. The second kappa shape index (κ2) is 5.13. The van der Waals surface area contributed by atoms with E-state index in [-0.39, 0.29) is 0 Å². The van der Waals surface area contributed by atoms with Crippen molar-refractivity contribution in [2.45, 2.75) is 32.7 Å². The molecule has 0 aromatic rings. The molecule has 0 aliphatic carbocycles. The first-order valence-electron chi connectivity index (χ1n) is 4.99. The molecule has 2 heteroatoms. The number of nitrogens with one attached hydrogen (secondary N) is 1. The number of rotatable bonds is 4. The Kier molecular flexibility index (Phi) is 4.44. The van der Waals surface area contributed by atoms with Crippen molar-refractivity contribution in [3.05, 3.63) is 0 Å². The van der Waals surface area contributed by atoms with E-state index in [4.69, 9.17) is 0 Å². The Morgan fingerprint density at radius 1 is 1.50 bits per heavy atom. The fourth-order valence-electron chi connectivity index (χ4n) is 1.92. The van der Waals surface area contributed by atoms with Gasteiger partial charge in [-0.1, -0.05) is 13.8 Å². The molecule has 12 heavy (non-hydrogen) atoms. The molecule has 1 nitrogen and oxygen atoms in total. The Balaban J connectivity index is 2.32. The van der Waals surface area contributed by atoms with E-state index >= 15 is 0 Å². The Hall–Kier alpha value is 0.310. The molecule has 72 valence electrons. The molecule has 2 unspecified atom stereocenters. The van der Waals surface area contributed by atoms with E-state index in [0.717, 1.165) is 17.9 Å². The van der Waals surface area contributed by atoms with Gasteiger partial charge in [0.05, 0.1) is 0 Å². The zero-order valence-corrected chi connectivity index (χ0v) is 9.29. The van der Waals surface area contributed by atoms with Gasteiger partial charge in [0.15, 0.2) is 0 Å². The predicted molar refractivity (Wildman–Crippen MR) is 57.7 cm³/mol. The summed E-state index contributed by atoms with van der Waals surface area (Å²) in [6.45, 7) is 4.62. The van der Waals surface area contributed by atoms with Crippen LogP contribution >= 0.6 is 11.8 Å². The van der Waals surface area contributed by atoms with E-state index in [0.29, 0.717) is 0 Å². The second-order valence-corrected chi connectivity index (χ2v) is 5.30. The van der Waals surface area contributed by atoms with Gasteiger partial charge in [-0.3, -0.25) is 0 Å². The third-order valence-corrected chi connectivity index (χ3v) is 3.82. The highest BCUT2D eigenvalue weighted by molar-refractivity contribution is 7.99. The molecule has 1 saturated heterocycles. The lowest BCUT2D eigenvalue weighted by atomic mass is 9.92. The van der Waals surface area contributed by atoms with Gasteiger partial charge in [-0.05, 0) is 43.2 Å². The average Bonchev–Trinajstić information content (AvgIpc) is 2.51. The molecule has 2 atom stereocenters. The summed E-state index contributed by atoms with van der Waals surface area (Å²) in [5, 5.41) is 3.46. The Morgan fingerprint density at radius 2 is 2.25 bits per heavy atom. The van der Waals surface area contributed by atoms with Crippen molar-refractivity contribution in [1.82, 2.24) is 5.32 Å². The van der Waals surface area contributed by atoms with Gasteiger partial charge >= 0.3 is 0 Å². The van der Waals surface area contributed by atoms with Crippen molar-refractivity contribution >= 4 is 11.8 Å². The molecular weight excluding hydrogens is 166 g/mol. The first-order valence-corrected chi connectivity index (χ1v) is 6.14. The molecule has 1 fully saturated rings. The maximum atomic E-state index is 3.46. The van der Waals surface area contributed by atoms with Crippen LogP contribution in [0.3, 0.4) is 0 Å². The summed E-state index contributed by atoms with van der Waals surface area (Å²) in [4.78, 5) is 0. The van der Waals surface area contributed by atoms with Gasteiger partial charge in [0.2, 0.25) is 0 Å². The standard InChI is InChI=1S/C10H21NS/c1-8(2)6-10(11-3)9-4-5-12-7-9/h8-11H,4-7H2,1-3H3. The van der Waals surface area contributed by atoms with Crippen molar-refractivity contribution in [2.75, 3.05) is 18.6 Å². The second-order valence-electron chi connectivity index (χ2n) is 4.15. The molecular formula is C10H21NS. The van der Waals surface area contributed by atoms with E-state index < -0.39 is 0 Å². The molecule has 1 heterocycles. The van der Waals surface area contributed by atoms with Crippen LogP contribution in [0, 0.1) is 11.8 Å². The molecule has 0 aromatic carbocycles. The van der Waals surface area contributed by atoms with Crippen LogP contribution in [0.15, 0.2) is 0 Å². The Bertz CT molecular complexity index is 119. The van der Waals surface area contributed by atoms with Crippen LogP contribution in [-0.2, 0) is 0 Å². The minimum Gasteiger partial charge on any atom is -0.317 e. The third kappa shape index (κ3) is 2.98. The first kappa shape index (κ1) is 10.4. The summed E-state index contributed by atoms with van der Waals surface area (Å²) in [6, 6.07) is 0.764. The quantitative estimate of drug-likeness (QED) is 0.725. The summed E-state index contributed by atoms with van der Waals surface area (Å²) < 4.78 is 0. The molecule has 0 radical (unpaired) electrons. The van der Waals surface area contributed by atoms with E-state index in [1.54, 1.807) is 0 Å². The smallest absolute Gasteiger partial charge is 0.0103 e. The molecule has 1 aliphatic rings. The molecule has 0 amide bonds. The number of hydrogen-bond donors (Lipinski definition) is 1. The van der Waals surface area contributed by atoms with Gasteiger partial charge in [-0.15, -0.1) is 0 Å². The van der Waals surface area contributed by atoms with Gasteiger partial charge in [-0.2, -0.15) is 11.8 Å². The van der Waals surface area contributed by atoms with Crippen molar-refractivity contribution in [1.29, 1.82) is 0 Å². The van der Waals surface area contributed by atoms with E-state index in [2.05, 4.69) is 38.0 Å². The summed E-state index contributed by atoms with van der Waals surface area (Å²) >= 11 is 2.11. The van der Waals surface area contributed by atoms with Crippen LogP contribution in [0.1, 0.15) is 26.7 Å². The number of thioether (sulfide) groups is 1. The third-order valence-electron chi connectivity index (χ3n) is 2.63. The highest BCUT2D eigenvalue weighted by atomic mass is 32.2. The van der Waals surface area contributed by atoms with Gasteiger partial charge < -0.3 is 5.32 Å². The molecule has 0 aromatic heterocycles. The SMILES string of the molecule is CNC(CC(C)C)C1CCSC1. The zero-order chi connectivity index (χ0) is 8.97. The minimum absolute atomic E-state index is 0.764. The monoisotopic (exact) mass is 187 g/mol. The predicted octanol–water partition coefficient (Wildman–Crippen LogP) is 2.37. The largest absolute Gasteiger partial charge is 0.317 e. The van der Waals surface area contributed by atoms with Crippen LogP contribution < -0.4 is 5.32 Å². The highest BCUT2D eigenvalue weighted by Crippen LogP contribution is 2.28. The normalized spacial score (nSPS) is 26.5. The molecule has 0 saturated carbocycles. The molecule has 0 spiro atoms. The lowest BCUT2D eigenvalue weighted by Crippen LogP contribution is -2.34. The van der Waals surface area contributed by atoms with Gasteiger partial charge in [0, 0.05) is 6.04 Å². The maximum Gasteiger partial charge on any atom is 0.0103 e. The first-order chi connectivity index (χ1) is 5.74. The van der Waals surface area contributed by atoms with Crippen LogP contribution in [0.2, 0.25) is 0 Å². The van der Waals surface area contributed by atoms with Crippen molar-refractivity contribution in [3.63, 3.8) is 0 Å². The van der Waals surface area contributed by atoms with Crippen LogP contribution in [0.25, 0.3) is 0 Å². The summed E-state index contributed by atoms with van der Waals surface area (Å²) in [7, 11) is 2.11. The topological polar surface area (TPSA) is 12.0 Å². The Morgan fingerprint density at radius 3 is 2.67 bits per heavy atom. The van der Waals surface area contributed by atoms with Gasteiger partial charge in [0.25, 0.3) is 0 Å². The van der Waals surface area contributed by atoms with E-state index in [1.807, 2.05) is 0 Å². The van der Waals surface area contributed by atoms with Crippen LogP contribution in [0.5, 0.6) is 0 Å². The van der Waals surface area contributed by atoms with Crippen molar-refractivity contribution < 1.29 is 0 Å². The lowest BCUT2D eigenvalue weighted by Gasteiger charge is -2.23. The van der Waals surface area contributed by atoms with Crippen LogP contribution in [0.4, 0.5) is 0 Å². The fraction of sp³-hybridized carbons (Fsp3) is 1.00. The summed E-state index contributed by atoms with van der Waals surface area (Å²) in [5.41, 5.74) is 0. The van der Waals surface area contributed by atoms with Gasteiger partial charge in [-0.25, -0.2) is 0 Å². The molecule has 1 rings (SSSR count). The van der Waals surface area contributed by atoms with E-state index in [1.165, 1.54) is 24.3 Å². The maximum absolute atomic E-state index is 3.46. The molecule has 0 bridgehead atoms. The average molecular weight is 187 g/mol. The molecule has 1 aliphatic heterocycles.